The Kier molecular flexibility index (Phi) is 4.71. The zero-order valence-electron chi connectivity index (χ0n) is 19.2. The summed E-state index contributed by atoms with van der Waals surface area (Å²) >= 11 is 0. The summed E-state index contributed by atoms with van der Waals surface area (Å²) in [6.07, 6.45) is 8.78. The molecule has 0 saturated heterocycles. The molecule has 3 aromatic heterocycles. The van der Waals surface area contributed by atoms with Crippen molar-refractivity contribution in [3.05, 3.63) is 116 Å². The summed E-state index contributed by atoms with van der Waals surface area (Å²) in [6, 6.07) is 29.2. The molecule has 36 heavy (non-hydrogen) atoms. The number of pyridine rings is 1. The summed E-state index contributed by atoms with van der Waals surface area (Å²) in [6.45, 7) is 0. The second-order valence-electron chi connectivity index (χ2n) is 8.64. The first-order valence-electron chi connectivity index (χ1n) is 11.7. The third-order valence-corrected chi connectivity index (χ3v) is 6.50. The quantitative estimate of drug-likeness (QED) is 0.280. The van der Waals surface area contributed by atoms with Gasteiger partial charge in [0.2, 0.25) is 0 Å². The molecule has 3 heterocycles. The molecule has 0 N–H and O–H groups in total. The maximum Gasteiger partial charge on any atom is 0.0965 e. The normalized spacial score (nSPS) is 11.3. The van der Waals surface area contributed by atoms with Crippen molar-refractivity contribution >= 4 is 33.0 Å². The predicted octanol–water partition coefficient (Wildman–Crippen LogP) is 7.12. The summed E-state index contributed by atoms with van der Waals surface area (Å²) in [5.74, 6) is 0. The van der Waals surface area contributed by atoms with Crippen molar-refractivity contribution in [3.63, 3.8) is 0 Å². The third-order valence-electron chi connectivity index (χ3n) is 6.50. The Morgan fingerprint density at radius 3 is 1.39 bits per heavy atom. The first kappa shape index (κ1) is 20.4. The molecule has 0 amide bonds. The number of rotatable bonds is 3. The topological polar surface area (TPSA) is 64.5 Å². The molecule has 5 nitrogen and oxygen atoms in total. The van der Waals surface area contributed by atoms with Gasteiger partial charge in [0, 0.05) is 53.1 Å². The van der Waals surface area contributed by atoms with Crippen molar-refractivity contribution in [2.75, 3.05) is 0 Å². The standard InChI is InChI=1S/C31H19N5/c1-5-20-6-4-12-34-29(20)24(7-1)21-17-22(25-8-2-10-27-30(25)35-15-13-32-27)19-23(18-21)26-9-3-11-28-31(26)36-16-14-33-28/h1-19H. The van der Waals surface area contributed by atoms with Crippen LogP contribution in [-0.4, -0.2) is 24.9 Å². The van der Waals surface area contributed by atoms with Gasteiger partial charge in [0.15, 0.2) is 0 Å². The molecular formula is C31H19N5. The van der Waals surface area contributed by atoms with E-state index in [2.05, 4.69) is 74.5 Å². The van der Waals surface area contributed by atoms with Gasteiger partial charge in [-0.25, -0.2) is 0 Å². The van der Waals surface area contributed by atoms with E-state index in [1.807, 2.05) is 36.5 Å². The molecule has 5 heteroatoms. The van der Waals surface area contributed by atoms with Crippen LogP contribution in [0.2, 0.25) is 0 Å². The lowest BCUT2D eigenvalue weighted by Crippen LogP contribution is -1.92. The zero-order valence-corrected chi connectivity index (χ0v) is 19.2. The Bertz CT molecular complexity index is 1660. The fraction of sp³-hybridized carbons (Fsp3) is 0. The Balaban J connectivity index is 1.56. The zero-order chi connectivity index (χ0) is 23.9. The van der Waals surface area contributed by atoms with Crippen molar-refractivity contribution < 1.29 is 0 Å². The molecule has 0 aliphatic carbocycles. The van der Waals surface area contributed by atoms with Crippen LogP contribution in [0.4, 0.5) is 0 Å². The number of aromatic nitrogens is 5. The molecule has 168 valence electrons. The van der Waals surface area contributed by atoms with Crippen LogP contribution in [-0.2, 0) is 0 Å². The van der Waals surface area contributed by atoms with E-state index >= 15 is 0 Å². The fourth-order valence-electron chi connectivity index (χ4n) is 4.88. The molecule has 0 fully saturated rings. The second kappa shape index (κ2) is 8.32. The van der Waals surface area contributed by atoms with Crippen LogP contribution in [0.5, 0.6) is 0 Å². The Hall–Kier alpha value is -5.03. The molecule has 0 aliphatic heterocycles. The van der Waals surface area contributed by atoms with Gasteiger partial charge in [0.1, 0.15) is 0 Å². The van der Waals surface area contributed by atoms with E-state index in [0.717, 1.165) is 66.4 Å². The smallest absolute Gasteiger partial charge is 0.0965 e. The van der Waals surface area contributed by atoms with Crippen molar-refractivity contribution in [2.45, 2.75) is 0 Å². The number of para-hydroxylation sites is 3. The van der Waals surface area contributed by atoms with Gasteiger partial charge in [-0.2, -0.15) is 0 Å². The van der Waals surface area contributed by atoms with E-state index in [1.54, 1.807) is 24.8 Å². The van der Waals surface area contributed by atoms with Crippen LogP contribution in [0.15, 0.2) is 116 Å². The lowest BCUT2D eigenvalue weighted by atomic mass is 9.91. The van der Waals surface area contributed by atoms with Gasteiger partial charge in [-0.05, 0) is 53.1 Å². The molecule has 0 aliphatic rings. The van der Waals surface area contributed by atoms with Crippen molar-refractivity contribution in [3.8, 4) is 33.4 Å². The SMILES string of the molecule is c1cnc2c(-c3cc(-c4cccc5nccnc45)cc(-c4cccc5nccnc45)c3)cccc2c1. The fourth-order valence-corrected chi connectivity index (χ4v) is 4.88. The molecule has 0 saturated carbocycles. The minimum atomic E-state index is 0.866. The molecule has 4 aromatic carbocycles. The first-order chi connectivity index (χ1) is 17.8. The van der Waals surface area contributed by atoms with E-state index in [-0.39, 0.29) is 0 Å². The van der Waals surface area contributed by atoms with Crippen molar-refractivity contribution in [2.24, 2.45) is 0 Å². The number of fused-ring (bicyclic) bond motifs is 3. The Morgan fingerprint density at radius 2 is 0.806 bits per heavy atom. The van der Waals surface area contributed by atoms with Gasteiger partial charge in [-0.1, -0.05) is 48.5 Å². The monoisotopic (exact) mass is 461 g/mol. The molecule has 0 atom stereocenters. The second-order valence-corrected chi connectivity index (χ2v) is 8.64. The maximum absolute atomic E-state index is 4.72. The van der Waals surface area contributed by atoms with Crippen LogP contribution in [0, 0.1) is 0 Å². The summed E-state index contributed by atoms with van der Waals surface area (Å²) in [7, 11) is 0. The van der Waals surface area contributed by atoms with Gasteiger partial charge in [0.25, 0.3) is 0 Å². The number of nitrogens with zero attached hydrogens (tertiary/aromatic N) is 5. The summed E-state index contributed by atoms with van der Waals surface area (Å²) in [4.78, 5) is 23.1. The van der Waals surface area contributed by atoms with E-state index in [4.69, 9.17) is 4.98 Å². The molecule has 0 spiro atoms. The summed E-state index contributed by atoms with van der Waals surface area (Å²) in [5, 5.41) is 1.11. The highest BCUT2D eigenvalue weighted by Gasteiger charge is 2.14. The highest BCUT2D eigenvalue weighted by atomic mass is 14.8. The maximum atomic E-state index is 4.72. The highest BCUT2D eigenvalue weighted by Crippen LogP contribution is 2.38. The first-order valence-corrected chi connectivity index (χ1v) is 11.7. The summed E-state index contributed by atoms with van der Waals surface area (Å²) < 4.78 is 0. The minimum absolute atomic E-state index is 0.866. The highest BCUT2D eigenvalue weighted by molar-refractivity contribution is 6.00. The number of hydrogen-bond acceptors (Lipinski definition) is 5. The number of hydrogen-bond donors (Lipinski definition) is 0. The van der Waals surface area contributed by atoms with Gasteiger partial charge in [-0.15, -0.1) is 0 Å². The van der Waals surface area contributed by atoms with E-state index in [1.165, 1.54) is 0 Å². The van der Waals surface area contributed by atoms with E-state index in [0.29, 0.717) is 0 Å². The Morgan fingerprint density at radius 1 is 0.361 bits per heavy atom. The van der Waals surface area contributed by atoms with Gasteiger partial charge in [-0.3, -0.25) is 24.9 Å². The molecule has 0 unspecified atom stereocenters. The van der Waals surface area contributed by atoms with Crippen LogP contribution in [0.1, 0.15) is 0 Å². The molecule has 0 radical (unpaired) electrons. The molecule has 7 aromatic rings. The Labute approximate surface area is 207 Å². The lowest BCUT2D eigenvalue weighted by molar-refractivity contribution is 1.29. The van der Waals surface area contributed by atoms with E-state index < -0.39 is 0 Å². The van der Waals surface area contributed by atoms with Gasteiger partial charge >= 0.3 is 0 Å². The van der Waals surface area contributed by atoms with Crippen LogP contribution in [0.3, 0.4) is 0 Å². The predicted molar refractivity (Wildman–Crippen MR) is 144 cm³/mol. The molecular weight excluding hydrogens is 442 g/mol. The minimum Gasteiger partial charge on any atom is -0.256 e. The average molecular weight is 462 g/mol. The van der Waals surface area contributed by atoms with Crippen molar-refractivity contribution in [1.82, 2.24) is 24.9 Å². The van der Waals surface area contributed by atoms with Crippen LogP contribution < -0.4 is 0 Å². The largest absolute Gasteiger partial charge is 0.256 e. The molecule has 0 bridgehead atoms. The van der Waals surface area contributed by atoms with Crippen LogP contribution in [0.25, 0.3) is 66.4 Å². The summed E-state index contributed by atoms with van der Waals surface area (Å²) in [5.41, 5.74) is 10.8. The number of benzene rings is 4. The van der Waals surface area contributed by atoms with Gasteiger partial charge < -0.3 is 0 Å². The third kappa shape index (κ3) is 3.37. The van der Waals surface area contributed by atoms with Gasteiger partial charge in [0.05, 0.1) is 27.6 Å². The van der Waals surface area contributed by atoms with Crippen LogP contribution >= 0.6 is 0 Å². The molecule has 7 rings (SSSR count). The van der Waals surface area contributed by atoms with E-state index in [9.17, 15) is 0 Å². The van der Waals surface area contributed by atoms with Crippen molar-refractivity contribution in [1.29, 1.82) is 0 Å². The average Bonchev–Trinajstić information content (AvgIpc) is 2.96. The lowest BCUT2D eigenvalue weighted by Gasteiger charge is -2.14.